The van der Waals surface area contributed by atoms with Crippen LogP contribution in [0.15, 0.2) is 24.3 Å². The molecule has 0 aliphatic rings. The van der Waals surface area contributed by atoms with Crippen molar-refractivity contribution in [3.8, 4) is 0 Å². The number of benzene rings is 1. The molecule has 0 saturated heterocycles. The van der Waals surface area contributed by atoms with Crippen molar-refractivity contribution in [3.05, 3.63) is 35.4 Å². The summed E-state index contributed by atoms with van der Waals surface area (Å²) in [7, 11) is 0. The van der Waals surface area contributed by atoms with Gasteiger partial charge in [-0.25, -0.2) is 0 Å². The number of hydrogen-bond acceptors (Lipinski definition) is 2. The van der Waals surface area contributed by atoms with Crippen molar-refractivity contribution in [2.75, 3.05) is 6.61 Å². The van der Waals surface area contributed by atoms with Gasteiger partial charge in [-0.15, -0.1) is 0 Å². The van der Waals surface area contributed by atoms with Crippen LogP contribution in [0.4, 0.5) is 0 Å². The molecule has 0 aliphatic heterocycles. The van der Waals surface area contributed by atoms with Gasteiger partial charge in [-0.2, -0.15) is 0 Å². The molecule has 0 spiro atoms. The summed E-state index contributed by atoms with van der Waals surface area (Å²) in [5, 5.41) is 0. The second kappa shape index (κ2) is 6.69. The number of esters is 1. The molecular formula is C13H17BrO2. The van der Waals surface area contributed by atoms with Crippen molar-refractivity contribution in [1.82, 2.24) is 0 Å². The highest BCUT2D eigenvalue weighted by Gasteiger charge is 2.16. The molecule has 2 nitrogen and oxygen atoms in total. The third-order valence-electron chi connectivity index (χ3n) is 2.39. The zero-order valence-corrected chi connectivity index (χ0v) is 11.3. The monoisotopic (exact) mass is 284 g/mol. The molecule has 0 fully saturated rings. The van der Waals surface area contributed by atoms with Crippen LogP contribution in [0.1, 0.15) is 25.0 Å². The van der Waals surface area contributed by atoms with Gasteiger partial charge < -0.3 is 4.74 Å². The summed E-state index contributed by atoms with van der Waals surface area (Å²) in [6, 6.07) is 8.32. The van der Waals surface area contributed by atoms with Crippen molar-refractivity contribution in [3.63, 3.8) is 0 Å². The smallest absolute Gasteiger partial charge is 0.320 e. The summed E-state index contributed by atoms with van der Waals surface area (Å²) in [4.78, 5) is 11.2. The van der Waals surface area contributed by atoms with Crippen LogP contribution >= 0.6 is 15.9 Å². The minimum absolute atomic E-state index is 0.193. The molecule has 1 unspecified atom stereocenters. The molecule has 0 amide bonds. The Kier molecular flexibility index (Phi) is 5.53. The van der Waals surface area contributed by atoms with Crippen LogP contribution in [0, 0.1) is 0 Å². The Morgan fingerprint density at radius 1 is 1.25 bits per heavy atom. The second-order valence-electron chi connectivity index (χ2n) is 3.59. The maximum atomic E-state index is 11.4. The molecule has 1 aromatic carbocycles. The van der Waals surface area contributed by atoms with Crippen LogP contribution in [-0.2, 0) is 22.4 Å². The molecule has 0 saturated carbocycles. The van der Waals surface area contributed by atoms with Gasteiger partial charge in [0, 0.05) is 0 Å². The fourth-order valence-electron chi connectivity index (χ4n) is 1.43. The zero-order valence-electron chi connectivity index (χ0n) is 9.70. The van der Waals surface area contributed by atoms with E-state index >= 15 is 0 Å². The standard InChI is InChI=1S/C13H17BrO2/c1-3-10-5-7-11(8-6-10)9-12(14)13(15)16-4-2/h5-8,12H,3-4,9H2,1-2H3. The van der Waals surface area contributed by atoms with Crippen molar-refractivity contribution in [1.29, 1.82) is 0 Å². The maximum Gasteiger partial charge on any atom is 0.320 e. The van der Waals surface area contributed by atoms with Gasteiger partial charge in [-0.3, -0.25) is 4.79 Å². The normalized spacial score (nSPS) is 12.2. The molecule has 88 valence electrons. The van der Waals surface area contributed by atoms with E-state index in [4.69, 9.17) is 4.74 Å². The van der Waals surface area contributed by atoms with Crippen LogP contribution in [0.2, 0.25) is 0 Å². The number of alkyl halides is 1. The van der Waals surface area contributed by atoms with Crippen LogP contribution in [0.3, 0.4) is 0 Å². The average Bonchev–Trinajstić information content (AvgIpc) is 2.30. The van der Waals surface area contributed by atoms with Crippen LogP contribution in [-0.4, -0.2) is 17.4 Å². The highest BCUT2D eigenvalue weighted by atomic mass is 79.9. The lowest BCUT2D eigenvalue weighted by Gasteiger charge is -2.09. The Balaban J connectivity index is 2.55. The van der Waals surface area contributed by atoms with Crippen molar-refractivity contribution in [2.24, 2.45) is 0 Å². The molecule has 0 aliphatic carbocycles. The summed E-state index contributed by atoms with van der Waals surface area (Å²) < 4.78 is 4.93. The van der Waals surface area contributed by atoms with E-state index in [1.165, 1.54) is 5.56 Å². The minimum atomic E-state index is -0.250. The first-order valence-corrected chi connectivity index (χ1v) is 6.47. The Morgan fingerprint density at radius 2 is 1.81 bits per heavy atom. The lowest BCUT2D eigenvalue weighted by molar-refractivity contribution is -0.142. The van der Waals surface area contributed by atoms with Gasteiger partial charge in [0.2, 0.25) is 0 Å². The summed E-state index contributed by atoms with van der Waals surface area (Å²) >= 11 is 3.34. The predicted molar refractivity (Wildman–Crippen MR) is 68.9 cm³/mol. The summed E-state index contributed by atoms with van der Waals surface area (Å²) in [5.41, 5.74) is 2.46. The van der Waals surface area contributed by atoms with Crippen molar-refractivity contribution < 1.29 is 9.53 Å². The van der Waals surface area contributed by atoms with Crippen molar-refractivity contribution in [2.45, 2.75) is 31.5 Å². The quantitative estimate of drug-likeness (QED) is 0.613. The van der Waals surface area contributed by atoms with Gasteiger partial charge in [0.05, 0.1) is 6.61 Å². The van der Waals surface area contributed by atoms with E-state index in [1.807, 2.05) is 6.92 Å². The summed E-state index contributed by atoms with van der Waals surface area (Å²) in [5.74, 6) is -0.193. The Morgan fingerprint density at radius 3 is 2.31 bits per heavy atom. The lowest BCUT2D eigenvalue weighted by atomic mass is 10.1. The van der Waals surface area contributed by atoms with Crippen LogP contribution in [0.5, 0.6) is 0 Å². The minimum Gasteiger partial charge on any atom is -0.465 e. The predicted octanol–water partition coefficient (Wildman–Crippen LogP) is 3.12. The fourth-order valence-corrected chi connectivity index (χ4v) is 1.94. The van der Waals surface area contributed by atoms with Gasteiger partial charge in [0.1, 0.15) is 4.83 Å². The third-order valence-corrected chi connectivity index (χ3v) is 3.09. The molecule has 0 radical (unpaired) electrons. The SMILES string of the molecule is CCOC(=O)C(Br)Cc1ccc(CC)cc1. The molecule has 1 atom stereocenters. The zero-order chi connectivity index (χ0) is 12.0. The van der Waals surface area contributed by atoms with E-state index in [-0.39, 0.29) is 10.8 Å². The van der Waals surface area contributed by atoms with E-state index in [1.54, 1.807) is 0 Å². The molecular weight excluding hydrogens is 268 g/mol. The Labute approximate surface area is 105 Å². The van der Waals surface area contributed by atoms with Crippen LogP contribution < -0.4 is 0 Å². The maximum absolute atomic E-state index is 11.4. The third kappa shape index (κ3) is 3.97. The largest absolute Gasteiger partial charge is 0.465 e. The number of aryl methyl sites for hydroxylation is 1. The highest BCUT2D eigenvalue weighted by Crippen LogP contribution is 2.13. The fraction of sp³-hybridized carbons (Fsp3) is 0.462. The van der Waals surface area contributed by atoms with Gasteiger partial charge in [0.15, 0.2) is 0 Å². The van der Waals surface area contributed by atoms with E-state index in [0.717, 1.165) is 12.0 Å². The first-order chi connectivity index (χ1) is 7.67. The first kappa shape index (κ1) is 13.2. The lowest BCUT2D eigenvalue weighted by Crippen LogP contribution is -2.19. The molecule has 0 N–H and O–H groups in total. The number of carbonyl (C=O) groups excluding carboxylic acids is 1. The molecule has 0 heterocycles. The number of carbonyl (C=O) groups is 1. The number of hydrogen-bond donors (Lipinski definition) is 0. The van der Waals surface area contributed by atoms with E-state index in [2.05, 4.69) is 47.1 Å². The van der Waals surface area contributed by atoms with Crippen molar-refractivity contribution >= 4 is 21.9 Å². The molecule has 1 aromatic rings. The molecule has 0 aromatic heterocycles. The summed E-state index contributed by atoms with van der Waals surface area (Å²) in [6.07, 6.45) is 1.71. The van der Waals surface area contributed by atoms with Gasteiger partial charge >= 0.3 is 5.97 Å². The highest BCUT2D eigenvalue weighted by molar-refractivity contribution is 9.10. The van der Waals surface area contributed by atoms with Gasteiger partial charge in [-0.05, 0) is 30.9 Å². The molecule has 16 heavy (non-hydrogen) atoms. The molecule has 1 rings (SSSR count). The van der Waals surface area contributed by atoms with E-state index in [9.17, 15) is 4.79 Å². The molecule has 3 heteroatoms. The second-order valence-corrected chi connectivity index (χ2v) is 4.70. The van der Waals surface area contributed by atoms with E-state index < -0.39 is 0 Å². The van der Waals surface area contributed by atoms with E-state index in [0.29, 0.717) is 13.0 Å². The summed E-state index contributed by atoms with van der Waals surface area (Å²) in [6.45, 7) is 4.37. The van der Waals surface area contributed by atoms with Gasteiger partial charge in [-0.1, -0.05) is 47.1 Å². The average molecular weight is 285 g/mol. The Hall–Kier alpha value is -0.830. The number of halogens is 1. The number of rotatable bonds is 5. The molecule has 0 bridgehead atoms. The topological polar surface area (TPSA) is 26.3 Å². The number of ether oxygens (including phenoxy) is 1. The Bertz CT molecular complexity index is 332. The van der Waals surface area contributed by atoms with Crippen LogP contribution in [0.25, 0.3) is 0 Å². The first-order valence-electron chi connectivity index (χ1n) is 5.55. The van der Waals surface area contributed by atoms with Gasteiger partial charge in [0.25, 0.3) is 0 Å².